The average molecular weight is 733 g/mol. The standard InChI is InChI=1S/C52H48N2O2/c1-6-8-13-42(7-2)21-34-49(55-50-30-17-40(3)18-31-50)16-12-39-53-45-26-22-43(23-27-45)44-24-28-47(29-25-44)54(46-14-10-9-11-15-46)48-35-37-52(5,38-36-48)56-51-32-19-41(4)20-33-51/h1,7-37,39,53H,38H2,2-5H3/b13-8-,34-21-,39-12+,42-7+,49-16+. The van der Waals surface area contributed by atoms with Crippen LogP contribution in [-0.2, 0) is 0 Å². The maximum absolute atomic E-state index is 6.42. The van der Waals surface area contributed by atoms with E-state index in [0.717, 1.165) is 57.4 Å². The highest BCUT2D eigenvalue weighted by atomic mass is 16.5. The lowest BCUT2D eigenvalue weighted by molar-refractivity contribution is 0.142. The fourth-order valence-corrected chi connectivity index (χ4v) is 6.13. The van der Waals surface area contributed by atoms with Gasteiger partial charge in [0.15, 0.2) is 0 Å². The number of terminal acetylenes is 1. The maximum Gasteiger partial charge on any atom is 0.128 e. The number of hydrogen-bond acceptors (Lipinski definition) is 4. The summed E-state index contributed by atoms with van der Waals surface area (Å²) in [5, 5.41) is 3.38. The zero-order chi connectivity index (χ0) is 39.2. The topological polar surface area (TPSA) is 33.7 Å². The number of anilines is 3. The predicted molar refractivity (Wildman–Crippen MR) is 236 cm³/mol. The van der Waals surface area contributed by atoms with Gasteiger partial charge in [0.05, 0.1) is 0 Å². The van der Waals surface area contributed by atoms with Crippen LogP contribution in [0.4, 0.5) is 17.1 Å². The Bertz CT molecular complexity index is 2320. The highest BCUT2D eigenvalue weighted by molar-refractivity contribution is 5.74. The van der Waals surface area contributed by atoms with Gasteiger partial charge in [0.1, 0.15) is 22.9 Å². The molecule has 0 aromatic heterocycles. The van der Waals surface area contributed by atoms with E-state index in [-0.39, 0.29) is 0 Å². The molecule has 5 aromatic carbocycles. The fourth-order valence-electron chi connectivity index (χ4n) is 6.13. The summed E-state index contributed by atoms with van der Waals surface area (Å²) in [5.41, 5.74) is 9.50. The van der Waals surface area contributed by atoms with Crippen LogP contribution in [0.1, 0.15) is 31.4 Å². The van der Waals surface area contributed by atoms with Gasteiger partial charge >= 0.3 is 0 Å². The van der Waals surface area contributed by atoms with Crippen molar-refractivity contribution in [3.8, 4) is 35.0 Å². The van der Waals surface area contributed by atoms with Gasteiger partial charge in [0.25, 0.3) is 0 Å². The van der Waals surface area contributed by atoms with Crippen molar-refractivity contribution in [2.75, 3.05) is 10.2 Å². The molecule has 1 atom stereocenters. The molecule has 4 nitrogen and oxygen atoms in total. The van der Waals surface area contributed by atoms with Gasteiger partial charge in [-0.3, -0.25) is 0 Å². The van der Waals surface area contributed by atoms with Crippen molar-refractivity contribution in [1.82, 2.24) is 0 Å². The highest BCUT2D eigenvalue weighted by Gasteiger charge is 2.27. The summed E-state index contributed by atoms with van der Waals surface area (Å²) in [4.78, 5) is 2.29. The van der Waals surface area contributed by atoms with Gasteiger partial charge in [-0.15, -0.1) is 6.42 Å². The predicted octanol–water partition coefficient (Wildman–Crippen LogP) is 13.4. The molecule has 1 aliphatic rings. The van der Waals surface area contributed by atoms with E-state index in [2.05, 4.69) is 140 Å². The monoisotopic (exact) mass is 732 g/mol. The first-order valence-corrected chi connectivity index (χ1v) is 18.9. The number of nitrogens with one attached hydrogen (secondary N) is 1. The lowest BCUT2D eigenvalue weighted by Crippen LogP contribution is -2.32. The second-order valence-electron chi connectivity index (χ2n) is 13.8. The summed E-state index contributed by atoms with van der Waals surface area (Å²) in [7, 11) is 0. The molecule has 4 heteroatoms. The van der Waals surface area contributed by atoms with Gasteiger partial charge < -0.3 is 19.7 Å². The molecule has 5 aromatic rings. The second kappa shape index (κ2) is 18.9. The normalized spacial score (nSPS) is 15.9. The number of benzene rings is 5. The molecular formula is C52H48N2O2. The van der Waals surface area contributed by atoms with Crippen LogP contribution in [0.2, 0.25) is 0 Å². The van der Waals surface area contributed by atoms with E-state index in [0.29, 0.717) is 5.76 Å². The molecule has 0 saturated carbocycles. The molecule has 56 heavy (non-hydrogen) atoms. The van der Waals surface area contributed by atoms with Crippen LogP contribution < -0.4 is 19.7 Å². The Morgan fingerprint density at radius 3 is 1.98 bits per heavy atom. The molecule has 1 aliphatic carbocycles. The van der Waals surface area contributed by atoms with Gasteiger partial charge in [0.2, 0.25) is 0 Å². The molecule has 0 fully saturated rings. The zero-order valence-electron chi connectivity index (χ0n) is 32.5. The lowest BCUT2D eigenvalue weighted by Gasteiger charge is -2.33. The summed E-state index contributed by atoms with van der Waals surface area (Å²) in [5.74, 6) is 4.86. The summed E-state index contributed by atoms with van der Waals surface area (Å²) in [6, 6.07) is 43.9. The first-order chi connectivity index (χ1) is 27.3. The van der Waals surface area contributed by atoms with E-state index in [4.69, 9.17) is 15.9 Å². The Hall–Kier alpha value is -6.96. The van der Waals surface area contributed by atoms with Gasteiger partial charge in [-0.1, -0.05) is 102 Å². The van der Waals surface area contributed by atoms with E-state index in [9.17, 15) is 0 Å². The lowest BCUT2D eigenvalue weighted by atomic mass is 9.95. The third-order valence-corrected chi connectivity index (χ3v) is 9.32. The summed E-state index contributed by atoms with van der Waals surface area (Å²) < 4.78 is 12.6. The minimum atomic E-state index is -0.425. The number of aryl methyl sites for hydroxylation is 2. The van der Waals surface area contributed by atoms with Gasteiger partial charge in [-0.25, -0.2) is 0 Å². The first-order valence-electron chi connectivity index (χ1n) is 18.9. The van der Waals surface area contributed by atoms with E-state index in [1.165, 1.54) is 11.1 Å². The fraction of sp³-hybridized carbons (Fsp3) is 0.115. The number of ether oxygens (including phenoxy) is 2. The molecule has 278 valence electrons. The number of para-hydroxylation sites is 1. The number of nitrogens with zero attached hydrogens (tertiary/aromatic N) is 1. The molecular weight excluding hydrogens is 685 g/mol. The summed E-state index contributed by atoms with van der Waals surface area (Å²) in [6.07, 6.45) is 28.0. The van der Waals surface area contributed by atoms with Crippen molar-refractivity contribution >= 4 is 17.1 Å². The Kier molecular flexibility index (Phi) is 13.1. The van der Waals surface area contributed by atoms with Crippen molar-refractivity contribution in [2.24, 2.45) is 0 Å². The van der Waals surface area contributed by atoms with Crippen LogP contribution in [0.25, 0.3) is 11.1 Å². The first kappa shape index (κ1) is 38.8. The molecule has 1 unspecified atom stereocenters. The Morgan fingerprint density at radius 2 is 1.38 bits per heavy atom. The van der Waals surface area contributed by atoms with Crippen molar-refractivity contribution in [3.05, 3.63) is 223 Å². The van der Waals surface area contributed by atoms with E-state index in [1.807, 2.05) is 92.0 Å². The highest BCUT2D eigenvalue weighted by Crippen LogP contribution is 2.36. The zero-order valence-corrected chi connectivity index (χ0v) is 32.5. The van der Waals surface area contributed by atoms with E-state index in [1.54, 1.807) is 6.08 Å². The van der Waals surface area contributed by atoms with Crippen molar-refractivity contribution in [3.63, 3.8) is 0 Å². The van der Waals surface area contributed by atoms with E-state index >= 15 is 0 Å². The minimum absolute atomic E-state index is 0.425. The summed E-state index contributed by atoms with van der Waals surface area (Å²) >= 11 is 0. The van der Waals surface area contributed by atoms with Crippen LogP contribution in [-0.4, -0.2) is 5.60 Å². The van der Waals surface area contributed by atoms with Crippen molar-refractivity contribution in [1.29, 1.82) is 0 Å². The van der Waals surface area contributed by atoms with Gasteiger partial charge in [0, 0.05) is 35.4 Å². The molecule has 0 saturated heterocycles. The van der Waals surface area contributed by atoms with Crippen LogP contribution in [0.3, 0.4) is 0 Å². The van der Waals surface area contributed by atoms with Crippen LogP contribution in [0.15, 0.2) is 211 Å². The molecule has 0 radical (unpaired) electrons. The molecule has 0 bridgehead atoms. The van der Waals surface area contributed by atoms with Crippen LogP contribution in [0, 0.1) is 26.2 Å². The molecule has 0 aliphatic heterocycles. The minimum Gasteiger partial charge on any atom is -0.483 e. The Labute approximate surface area is 332 Å². The second-order valence-corrected chi connectivity index (χ2v) is 13.8. The van der Waals surface area contributed by atoms with Crippen molar-refractivity contribution < 1.29 is 9.47 Å². The number of rotatable bonds is 14. The maximum atomic E-state index is 6.42. The average Bonchev–Trinajstić information content (AvgIpc) is 3.23. The SMILES string of the molecule is C#C\C=C/C(/C=C\C(=C/C=C/Nc1ccc(-c2ccc(N(C3=CCC(C)(Oc4ccc(C)cc4)C=C3)c3ccccc3)cc2)cc1)Oc1ccc(C)cc1)=C\C. The molecule has 6 rings (SSSR count). The quantitative estimate of drug-likeness (QED) is 0.0700. The molecule has 0 spiro atoms. The van der Waals surface area contributed by atoms with Crippen LogP contribution in [0.5, 0.6) is 11.5 Å². The largest absolute Gasteiger partial charge is 0.483 e. The van der Waals surface area contributed by atoms with Gasteiger partial charge in [-0.05, 0) is 148 Å². The third-order valence-electron chi connectivity index (χ3n) is 9.32. The molecule has 0 amide bonds. The van der Waals surface area contributed by atoms with E-state index < -0.39 is 5.60 Å². The Balaban J connectivity index is 1.13. The Morgan fingerprint density at radius 1 is 0.750 bits per heavy atom. The van der Waals surface area contributed by atoms with Crippen LogP contribution >= 0.6 is 0 Å². The number of allylic oxidation sites excluding steroid dienone is 9. The smallest absolute Gasteiger partial charge is 0.128 e. The van der Waals surface area contributed by atoms with Gasteiger partial charge in [-0.2, -0.15) is 0 Å². The molecule has 0 heterocycles. The third kappa shape index (κ3) is 10.8. The molecule has 1 N–H and O–H groups in total. The number of hydrogen-bond donors (Lipinski definition) is 1. The van der Waals surface area contributed by atoms with Crippen molar-refractivity contribution in [2.45, 2.75) is 39.7 Å². The summed E-state index contributed by atoms with van der Waals surface area (Å²) in [6.45, 7) is 8.25.